The summed E-state index contributed by atoms with van der Waals surface area (Å²) in [6, 6.07) is 9.01. The standard InChI is InChI=1S/C35H40N2O13.Ta.Tb/c1-6-34(2,3)19-48-35(4,5)18-36-31(41)26-12-23(8-10-28(26)49-30-14-25(40)13-29(50-30)32(42)43)16-47-33(44)37-27-9-7-22(15-45-20-38)11-24(27)17-46-21-39;;/h1,7-12,25,29-30,40H,13-19H2,2-5H3,(H,36,41)(H,37,44)(H,42,43);;/q-2;;. The van der Waals surface area contributed by atoms with Crippen molar-refractivity contribution >= 4 is 36.6 Å². The van der Waals surface area contributed by atoms with Crippen LogP contribution in [-0.2, 0) is 80.3 Å². The van der Waals surface area contributed by atoms with Gasteiger partial charge in [0.15, 0.2) is 6.10 Å². The molecule has 52 heavy (non-hydrogen) atoms. The van der Waals surface area contributed by atoms with Gasteiger partial charge in [0.05, 0.1) is 42.8 Å². The molecule has 3 rings (SSSR count). The summed E-state index contributed by atoms with van der Waals surface area (Å²) in [4.78, 5) is 58.9. The van der Waals surface area contributed by atoms with Crippen LogP contribution in [0.2, 0.25) is 0 Å². The van der Waals surface area contributed by atoms with Crippen LogP contribution >= 0.6 is 0 Å². The molecule has 3 unspecified atom stereocenters. The Balaban J connectivity index is 0.00000676. The molecule has 17 heteroatoms. The number of hydrogen-bond donors (Lipinski definition) is 4. The molecule has 1 heterocycles. The Kier molecular flexibility index (Phi) is 20.0. The van der Waals surface area contributed by atoms with Crippen molar-refractivity contribution in [2.45, 2.75) is 84.5 Å². The molecule has 1 aliphatic heterocycles. The zero-order valence-corrected chi connectivity index (χ0v) is 34.2. The minimum Gasteiger partial charge on any atom is -0.650 e. The van der Waals surface area contributed by atoms with E-state index in [0.29, 0.717) is 16.7 Å². The number of rotatable bonds is 18. The number of carboxylic acids is 1. The fourth-order valence-electron chi connectivity index (χ4n) is 4.53. The molecule has 0 bridgehead atoms. The number of aliphatic hydroxyl groups excluding tert-OH is 1. The maximum Gasteiger partial charge on any atom is 0.411 e. The summed E-state index contributed by atoms with van der Waals surface area (Å²) in [5, 5.41) is 25.0. The summed E-state index contributed by atoms with van der Waals surface area (Å²) in [5.41, 5.74) is 0.207. The molecule has 4 N–H and O–H groups in total. The molecule has 2 radical (unpaired) electrons. The number of nitrogens with one attached hydrogen (secondary N) is 2. The Morgan fingerprint density at radius 3 is 2.31 bits per heavy atom. The van der Waals surface area contributed by atoms with Gasteiger partial charge in [0.1, 0.15) is 12.4 Å². The Labute approximate surface area is 348 Å². The van der Waals surface area contributed by atoms with E-state index in [1.807, 2.05) is 13.8 Å². The van der Waals surface area contributed by atoms with Crippen LogP contribution in [0.25, 0.3) is 0 Å². The van der Waals surface area contributed by atoms with Gasteiger partial charge in [0, 0.05) is 91.4 Å². The van der Waals surface area contributed by atoms with E-state index in [1.165, 1.54) is 37.2 Å². The number of hydrogen-bond acceptors (Lipinski definition) is 12. The normalized spacial score (nSPS) is 16.7. The van der Waals surface area contributed by atoms with Crippen LogP contribution in [0.1, 0.15) is 67.6 Å². The van der Waals surface area contributed by atoms with Crippen molar-refractivity contribution in [2.75, 3.05) is 18.5 Å². The van der Waals surface area contributed by atoms with Crippen molar-refractivity contribution in [1.29, 1.82) is 0 Å². The summed E-state index contributed by atoms with van der Waals surface area (Å²) in [7, 11) is 0. The summed E-state index contributed by atoms with van der Waals surface area (Å²) >= 11 is 0. The van der Waals surface area contributed by atoms with Crippen molar-refractivity contribution in [1.82, 2.24) is 5.32 Å². The molecule has 1 fully saturated rings. The van der Waals surface area contributed by atoms with Crippen molar-refractivity contribution in [3.63, 3.8) is 0 Å². The van der Waals surface area contributed by atoms with E-state index in [2.05, 4.69) is 21.3 Å². The topological polar surface area (TPSA) is 205 Å². The van der Waals surface area contributed by atoms with Crippen LogP contribution in [0.5, 0.6) is 5.75 Å². The number of carboxylic acid groups (broad SMARTS) is 1. The number of benzene rings is 2. The molecular weight excluding hydrogens is 996 g/mol. The number of anilines is 1. The van der Waals surface area contributed by atoms with E-state index < -0.39 is 47.5 Å². The monoisotopic (exact) mass is 1040 g/mol. The number of terminal acetylenes is 1. The first-order chi connectivity index (χ1) is 23.6. The summed E-state index contributed by atoms with van der Waals surface area (Å²) < 4.78 is 32.0. The molecule has 0 aromatic heterocycles. The minimum atomic E-state index is -1.31. The minimum absolute atomic E-state index is 0. The van der Waals surface area contributed by atoms with Gasteiger partial charge in [0.25, 0.3) is 5.91 Å². The van der Waals surface area contributed by atoms with E-state index in [1.54, 1.807) is 26.0 Å². The predicted octanol–water partition coefficient (Wildman–Crippen LogP) is 3.11. The number of carbonyl (C=O) groups is 3. The number of aliphatic carboxylic acids is 1. The second-order valence-electron chi connectivity index (χ2n) is 12.7. The third kappa shape index (κ3) is 15.5. The van der Waals surface area contributed by atoms with E-state index in [0.717, 1.165) is 0 Å². The molecule has 0 aliphatic carbocycles. The first-order valence-corrected chi connectivity index (χ1v) is 15.4. The van der Waals surface area contributed by atoms with E-state index in [-0.39, 0.29) is 124 Å². The van der Waals surface area contributed by atoms with Crippen molar-refractivity contribution in [3.8, 4) is 18.1 Å². The number of carbonyl (C=O) groups excluding carboxylic acids is 4. The third-order valence-corrected chi connectivity index (χ3v) is 7.34. The fourth-order valence-corrected chi connectivity index (χ4v) is 4.53. The predicted molar refractivity (Wildman–Crippen MR) is 175 cm³/mol. The Hall–Kier alpha value is -3.14. The van der Waals surface area contributed by atoms with Gasteiger partial charge in [-0.1, -0.05) is 31.0 Å². The van der Waals surface area contributed by atoms with E-state index in [9.17, 15) is 34.2 Å². The first kappa shape index (κ1) is 46.9. The smallest absolute Gasteiger partial charge is 0.411 e. The van der Waals surface area contributed by atoms with Crippen LogP contribution in [0, 0.1) is 56.4 Å². The first-order valence-electron chi connectivity index (χ1n) is 15.4. The number of ether oxygens (including phenoxy) is 6. The fraction of sp³-hybridized carbons (Fsp3) is 0.457. The molecule has 2 amide bonds. The molecule has 2 aromatic carbocycles. The van der Waals surface area contributed by atoms with Crippen LogP contribution in [0.4, 0.5) is 10.5 Å². The molecule has 3 atom stereocenters. The maximum absolute atomic E-state index is 13.5. The number of amides is 2. The van der Waals surface area contributed by atoms with Gasteiger partial charge in [-0.25, -0.2) is 9.59 Å². The molecule has 15 nitrogen and oxygen atoms in total. The summed E-state index contributed by atoms with van der Waals surface area (Å²) in [6.45, 7) is 9.55. The molecule has 284 valence electrons. The quantitative estimate of drug-likeness (QED) is 0.0965. The van der Waals surface area contributed by atoms with Gasteiger partial charge >= 0.3 is 12.1 Å². The Morgan fingerprint density at radius 2 is 1.65 bits per heavy atom. The average Bonchev–Trinajstić information content (AvgIpc) is 3.08. The zero-order valence-electron chi connectivity index (χ0n) is 28.9. The molecule has 0 spiro atoms. The van der Waals surface area contributed by atoms with Crippen LogP contribution in [0.3, 0.4) is 0 Å². The van der Waals surface area contributed by atoms with Gasteiger partial charge < -0.3 is 53.5 Å². The van der Waals surface area contributed by atoms with Gasteiger partial charge in [-0.2, -0.15) is 0 Å². The Morgan fingerprint density at radius 1 is 1.00 bits per heavy atom. The SMILES string of the molecule is C#CC(C)(C)COC(C)(C)CNC(=O)c1cc(COC(=O)Nc2ccc(CO[C-]=O)cc2CO[C-]=O)ccc1OC1CC(O)CC(C(=O)O)O1.[Ta].[Tb]. The summed E-state index contributed by atoms with van der Waals surface area (Å²) in [6.07, 6.45) is 1.04. The van der Waals surface area contributed by atoms with E-state index >= 15 is 0 Å². The van der Waals surface area contributed by atoms with E-state index in [4.69, 9.17) is 30.1 Å². The second-order valence-corrected chi connectivity index (χ2v) is 12.7. The number of aliphatic hydroxyl groups is 1. The average molecular weight is 1040 g/mol. The second kappa shape index (κ2) is 22.2. The van der Waals surface area contributed by atoms with Crippen molar-refractivity contribution in [2.24, 2.45) is 5.41 Å². The molecule has 1 aliphatic rings. The molecule has 2 aromatic rings. The maximum atomic E-state index is 13.5. The molecular formula is C35H40N2O13TaTb-2. The van der Waals surface area contributed by atoms with Crippen molar-refractivity contribution in [3.05, 3.63) is 58.7 Å². The van der Waals surface area contributed by atoms with Crippen molar-refractivity contribution < 1.29 is 124 Å². The third-order valence-electron chi connectivity index (χ3n) is 7.34. The van der Waals surface area contributed by atoms with Crippen LogP contribution in [-0.4, -0.2) is 78.4 Å². The molecule has 0 saturated carbocycles. The van der Waals surface area contributed by atoms with Gasteiger partial charge in [-0.05, 0) is 63.1 Å². The Bertz CT molecular complexity index is 1580. The zero-order chi connectivity index (χ0) is 36.9. The largest absolute Gasteiger partial charge is 0.650 e. The van der Waals surface area contributed by atoms with Gasteiger partial charge in [-0.15, -0.1) is 6.42 Å². The van der Waals surface area contributed by atoms with Crippen LogP contribution in [0.15, 0.2) is 36.4 Å². The van der Waals surface area contributed by atoms with Gasteiger partial charge in [-0.3, -0.25) is 10.1 Å². The summed E-state index contributed by atoms with van der Waals surface area (Å²) in [5.74, 6) is 0.829. The molecule has 1 saturated heterocycles. The van der Waals surface area contributed by atoms with Gasteiger partial charge in [0.2, 0.25) is 6.29 Å². The van der Waals surface area contributed by atoms with Crippen LogP contribution < -0.4 is 15.4 Å².